The van der Waals surface area contributed by atoms with Crippen molar-refractivity contribution in [2.24, 2.45) is 5.92 Å². The summed E-state index contributed by atoms with van der Waals surface area (Å²) in [6, 6.07) is 6.22. The summed E-state index contributed by atoms with van der Waals surface area (Å²) in [5, 5.41) is 3.57. The predicted molar refractivity (Wildman–Crippen MR) is 70.3 cm³/mol. The molecule has 2 aromatic heterocycles. The smallest absolute Gasteiger partial charge is 0.138 e. The second-order valence-electron chi connectivity index (χ2n) is 4.95. The highest BCUT2D eigenvalue weighted by Gasteiger charge is 2.13. The fraction of sp³-hybridized carbons (Fsp3) is 0.500. The first kappa shape index (κ1) is 10.6. The SMILES string of the molecule is c1cc(NCC2CCCCC2)n2ccnc2c1. The van der Waals surface area contributed by atoms with E-state index in [-0.39, 0.29) is 0 Å². The molecule has 0 aliphatic heterocycles. The molecule has 1 fully saturated rings. The maximum atomic E-state index is 4.30. The fourth-order valence-corrected chi connectivity index (χ4v) is 2.73. The summed E-state index contributed by atoms with van der Waals surface area (Å²) in [6.07, 6.45) is 10.9. The molecule has 1 N–H and O–H groups in total. The minimum Gasteiger partial charge on any atom is -0.371 e. The third-order valence-corrected chi connectivity index (χ3v) is 3.72. The van der Waals surface area contributed by atoms with Crippen molar-refractivity contribution in [1.29, 1.82) is 0 Å². The highest BCUT2D eigenvalue weighted by molar-refractivity contribution is 5.49. The number of fused-ring (bicyclic) bond motifs is 1. The molecule has 3 nitrogen and oxygen atoms in total. The number of hydrogen-bond donors (Lipinski definition) is 1. The zero-order valence-corrected chi connectivity index (χ0v) is 10.1. The molecule has 0 unspecified atom stereocenters. The molecular formula is C14H19N3. The maximum absolute atomic E-state index is 4.30. The van der Waals surface area contributed by atoms with Crippen LogP contribution in [0.5, 0.6) is 0 Å². The first-order valence-electron chi connectivity index (χ1n) is 6.59. The number of rotatable bonds is 3. The average Bonchev–Trinajstić information content (AvgIpc) is 2.86. The zero-order valence-electron chi connectivity index (χ0n) is 10.1. The Bertz CT molecular complexity index is 483. The van der Waals surface area contributed by atoms with Gasteiger partial charge < -0.3 is 5.32 Å². The van der Waals surface area contributed by atoms with Crippen molar-refractivity contribution in [2.75, 3.05) is 11.9 Å². The van der Waals surface area contributed by atoms with Gasteiger partial charge in [0.25, 0.3) is 0 Å². The van der Waals surface area contributed by atoms with Crippen molar-refractivity contribution in [3.8, 4) is 0 Å². The van der Waals surface area contributed by atoms with Crippen LogP contribution in [-0.2, 0) is 0 Å². The van der Waals surface area contributed by atoms with Crippen LogP contribution in [0, 0.1) is 5.92 Å². The Morgan fingerprint density at radius 1 is 1.24 bits per heavy atom. The molecule has 1 saturated carbocycles. The highest BCUT2D eigenvalue weighted by Crippen LogP contribution is 2.24. The Morgan fingerprint density at radius 2 is 2.12 bits per heavy atom. The van der Waals surface area contributed by atoms with Crippen LogP contribution in [0.25, 0.3) is 5.65 Å². The van der Waals surface area contributed by atoms with Crippen molar-refractivity contribution in [3.05, 3.63) is 30.6 Å². The van der Waals surface area contributed by atoms with Gasteiger partial charge in [-0.05, 0) is 30.9 Å². The van der Waals surface area contributed by atoms with Crippen LogP contribution in [-0.4, -0.2) is 15.9 Å². The molecule has 0 radical (unpaired) electrons. The van der Waals surface area contributed by atoms with Crippen LogP contribution in [0.4, 0.5) is 5.82 Å². The lowest BCUT2D eigenvalue weighted by Gasteiger charge is -2.22. The Morgan fingerprint density at radius 3 is 3.00 bits per heavy atom. The summed E-state index contributed by atoms with van der Waals surface area (Å²) in [5.74, 6) is 2.01. The van der Waals surface area contributed by atoms with Gasteiger partial charge in [0.1, 0.15) is 11.5 Å². The number of imidazole rings is 1. The number of aromatic nitrogens is 2. The standard InChI is InChI=1S/C14H19N3/c1-2-5-12(6-3-1)11-16-14-8-4-7-13-15-9-10-17(13)14/h4,7-10,12,16H,1-3,5-6,11H2. The van der Waals surface area contributed by atoms with Gasteiger partial charge >= 0.3 is 0 Å². The van der Waals surface area contributed by atoms with E-state index in [1.807, 2.05) is 18.5 Å². The van der Waals surface area contributed by atoms with Crippen LogP contribution in [0.2, 0.25) is 0 Å². The van der Waals surface area contributed by atoms with Gasteiger partial charge in [0.2, 0.25) is 0 Å². The lowest BCUT2D eigenvalue weighted by atomic mass is 9.89. The summed E-state index contributed by atoms with van der Waals surface area (Å²) in [5.41, 5.74) is 1.01. The quantitative estimate of drug-likeness (QED) is 0.874. The fourth-order valence-electron chi connectivity index (χ4n) is 2.73. The zero-order chi connectivity index (χ0) is 11.5. The first-order chi connectivity index (χ1) is 8.43. The van der Waals surface area contributed by atoms with Gasteiger partial charge in [-0.3, -0.25) is 4.40 Å². The van der Waals surface area contributed by atoms with Crippen molar-refractivity contribution in [2.45, 2.75) is 32.1 Å². The van der Waals surface area contributed by atoms with Crippen molar-refractivity contribution < 1.29 is 0 Å². The van der Waals surface area contributed by atoms with E-state index in [1.165, 1.54) is 32.1 Å². The van der Waals surface area contributed by atoms with E-state index in [4.69, 9.17) is 0 Å². The minimum atomic E-state index is 0.850. The summed E-state index contributed by atoms with van der Waals surface area (Å²) < 4.78 is 2.11. The van der Waals surface area contributed by atoms with Crippen LogP contribution >= 0.6 is 0 Å². The van der Waals surface area contributed by atoms with Crippen molar-refractivity contribution in [1.82, 2.24) is 9.38 Å². The second kappa shape index (κ2) is 4.78. The first-order valence-corrected chi connectivity index (χ1v) is 6.59. The number of pyridine rings is 1. The molecule has 0 aromatic carbocycles. The largest absolute Gasteiger partial charge is 0.371 e. The molecule has 2 heterocycles. The third-order valence-electron chi connectivity index (χ3n) is 3.72. The molecule has 90 valence electrons. The van der Waals surface area contributed by atoms with Gasteiger partial charge in [0, 0.05) is 18.9 Å². The van der Waals surface area contributed by atoms with E-state index in [9.17, 15) is 0 Å². The van der Waals surface area contributed by atoms with E-state index in [0.717, 1.165) is 23.9 Å². The molecule has 1 aliphatic rings. The van der Waals surface area contributed by atoms with Gasteiger partial charge in [-0.2, -0.15) is 0 Å². The van der Waals surface area contributed by atoms with Crippen LogP contribution in [0.3, 0.4) is 0 Å². The highest BCUT2D eigenvalue weighted by atomic mass is 15.1. The van der Waals surface area contributed by atoms with Crippen LogP contribution in [0.15, 0.2) is 30.6 Å². The van der Waals surface area contributed by atoms with Gasteiger partial charge in [-0.15, -0.1) is 0 Å². The number of nitrogens with zero attached hydrogens (tertiary/aromatic N) is 2. The molecule has 0 spiro atoms. The molecule has 3 heteroatoms. The molecular weight excluding hydrogens is 210 g/mol. The molecule has 17 heavy (non-hydrogen) atoms. The Labute approximate surface area is 102 Å². The van der Waals surface area contributed by atoms with Crippen molar-refractivity contribution >= 4 is 11.5 Å². The number of hydrogen-bond acceptors (Lipinski definition) is 2. The lowest BCUT2D eigenvalue weighted by molar-refractivity contribution is 0.373. The van der Waals surface area contributed by atoms with Crippen molar-refractivity contribution in [3.63, 3.8) is 0 Å². The number of anilines is 1. The summed E-state index contributed by atoms with van der Waals surface area (Å²) in [6.45, 7) is 1.09. The Kier molecular flexibility index (Phi) is 2.99. The van der Waals surface area contributed by atoms with E-state index in [0.29, 0.717) is 0 Å². The molecule has 1 aliphatic carbocycles. The summed E-state index contributed by atoms with van der Waals surface area (Å²) in [7, 11) is 0. The Hall–Kier alpha value is -1.51. The third kappa shape index (κ3) is 2.28. The van der Waals surface area contributed by atoms with E-state index in [1.54, 1.807) is 0 Å². The predicted octanol–water partition coefficient (Wildman–Crippen LogP) is 3.33. The summed E-state index contributed by atoms with van der Waals surface area (Å²) >= 11 is 0. The second-order valence-corrected chi connectivity index (χ2v) is 4.95. The van der Waals surface area contributed by atoms with E-state index in [2.05, 4.69) is 26.8 Å². The molecule has 0 saturated heterocycles. The minimum absolute atomic E-state index is 0.850. The summed E-state index contributed by atoms with van der Waals surface area (Å²) in [4.78, 5) is 4.30. The molecule has 2 aromatic rings. The molecule has 0 amide bonds. The molecule has 0 atom stereocenters. The van der Waals surface area contributed by atoms with Crippen LogP contribution in [0.1, 0.15) is 32.1 Å². The van der Waals surface area contributed by atoms with E-state index < -0.39 is 0 Å². The van der Waals surface area contributed by atoms with Gasteiger partial charge in [0.05, 0.1) is 0 Å². The maximum Gasteiger partial charge on any atom is 0.138 e. The topological polar surface area (TPSA) is 29.3 Å². The van der Waals surface area contributed by atoms with E-state index >= 15 is 0 Å². The Balaban J connectivity index is 1.69. The monoisotopic (exact) mass is 229 g/mol. The normalized spacial score (nSPS) is 17.4. The van der Waals surface area contributed by atoms with Crippen LogP contribution < -0.4 is 5.32 Å². The van der Waals surface area contributed by atoms with Gasteiger partial charge in [-0.25, -0.2) is 4.98 Å². The molecule has 0 bridgehead atoms. The molecule has 3 rings (SSSR count). The lowest BCUT2D eigenvalue weighted by Crippen LogP contribution is -2.18. The number of nitrogens with one attached hydrogen (secondary N) is 1. The van der Waals surface area contributed by atoms with Gasteiger partial charge in [0.15, 0.2) is 0 Å². The van der Waals surface area contributed by atoms with Gasteiger partial charge in [-0.1, -0.05) is 25.3 Å². The average molecular weight is 229 g/mol.